The Hall–Kier alpha value is -3.79. The van der Waals surface area contributed by atoms with Gasteiger partial charge < -0.3 is 10.2 Å². The Bertz CT molecular complexity index is 1570. The molecule has 0 amide bonds. The Kier molecular flexibility index (Phi) is 6.73. The van der Waals surface area contributed by atoms with Crippen molar-refractivity contribution < 1.29 is 13.2 Å². The van der Waals surface area contributed by atoms with Gasteiger partial charge in [0.05, 0.1) is 5.69 Å². The molecule has 3 heterocycles. The molecule has 1 fully saturated rings. The molecule has 1 saturated heterocycles. The normalized spacial score (nSPS) is 19.1. The monoisotopic (exact) mass is 559 g/mol. The lowest BCUT2D eigenvalue weighted by molar-refractivity contribution is -0.144. The lowest BCUT2D eigenvalue weighted by Gasteiger charge is -2.25. The van der Waals surface area contributed by atoms with Gasteiger partial charge in [-0.15, -0.1) is 15.3 Å². The number of benzene rings is 2. The van der Waals surface area contributed by atoms with Gasteiger partial charge in [-0.25, -0.2) is 0 Å². The minimum atomic E-state index is -4.70. The number of alkyl halides is 3. The van der Waals surface area contributed by atoms with Gasteiger partial charge in [0, 0.05) is 17.3 Å². The topological polar surface area (TPSA) is 71.8 Å². The molecule has 1 unspecified atom stereocenters. The van der Waals surface area contributed by atoms with Crippen molar-refractivity contribution in [2.45, 2.75) is 70.0 Å². The summed E-state index contributed by atoms with van der Waals surface area (Å²) >= 11 is 0. The standard InChI is InChI=1S/C31H32F3N7/c32-31(33,34)29-36-30(35-24-13-10-20-11-14-25(15-12-22(20)18-24)40-16-3-4-17-40)41(39-29)27-19-23-8-5-7-21-6-1-2-9-26(21)28(23)38-37-27/h1-2,6,9-10,13,18-19,25H,3-5,7-8,11-12,14-17H2,(H,35,36,39). The van der Waals surface area contributed by atoms with Gasteiger partial charge in [-0.3, -0.25) is 0 Å². The molecule has 1 atom stereocenters. The van der Waals surface area contributed by atoms with Gasteiger partial charge in [0.2, 0.25) is 5.95 Å². The summed E-state index contributed by atoms with van der Waals surface area (Å²) in [5, 5.41) is 15.8. The van der Waals surface area contributed by atoms with Crippen LogP contribution in [-0.4, -0.2) is 49.0 Å². The number of anilines is 2. The van der Waals surface area contributed by atoms with E-state index in [0.29, 0.717) is 11.7 Å². The van der Waals surface area contributed by atoms with Crippen molar-refractivity contribution in [2.75, 3.05) is 18.4 Å². The number of fused-ring (bicyclic) bond motifs is 4. The number of nitrogens with zero attached hydrogens (tertiary/aromatic N) is 6. The van der Waals surface area contributed by atoms with Crippen molar-refractivity contribution in [1.82, 2.24) is 29.9 Å². The van der Waals surface area contributed by atoms with Crippen LogP contribution in [0.3, 0.4) is 0 Å². The second-order valence-corrected chi connectivity index (χ2v) is 11.3. The third-order valence-corrected chi connectivity index (χ3v) is 8.72. The van der Waals surface area contributed by atoms with E-state index in [4.69, 9.17) is 0 Å². The number of hydrogen-bond donors (Lipinski definition) is 1. The first-order valence-corrected chi connectivity index (χ1v) is 14.5. The zero-order valence-corrected chi connectivity index (χ0v) is 22.8. The van der Waals surface area contributed by atoms with Crippen molar-refractivity contribution >= 4 is 11.6 Å². The molecular weight excluding hydrogens is 527 g/mol. The van der Waals surface area contributed by atoms with Gasteiger partial charge in [0.1, 0.15) is 0 Å². The van der Waals surface area contributed by atoms with Crippen molar-refractivity contribution in [1.29, 1.82) is 0 Å². The predicted molar refractivity (Wildman–Crippen MR) is 150 cm³/mol. The summed E-state index contributed by atoms with van der Waals surface area (Å²) in [6.45, 7) is 2.37. The second kappa shape index (κ2) is 10.6. The van der Waals surface area contributed by atoms with Gasteiger partial charge in [-0.2, -0.15) is 22.8 Å². The molecule has 7 rings (SSSR count). The van der Waals surface area contributed by atoms with Crippen molar-refractivity contribution in [2.24, 2.45) is 0 Å². The Morgan fingerprint density at radius 1 is 0.780 bits per heavy atom. The summed E-state index contributed by atoms with van der Waals surface area (Å²) in [5.41, 5.74) is 7.16. The molecule has 41 heavy (non-hydrogen) atoms. The molecule has 7 nitrogen and oxygen atoms in total. The number of rotatable bonds is 4. The lowest BCUT2D eigenvalue weighted by atomic mass is 10.0. The minimum Gasteiger partial charge on any atom is -0.324 e. The number of aryl methyl sites for hydroxylation is 4. The average molecular weight is 560 g/mol. The Morgan fingerprint density at radius 3 is 2.39 bits per heavy atom. The van der Waals surface area contributed by atoms with E-state index in [-0.39, 0.29) is 11.8 Å². The number of halogens is 3. The maximum Gasteiger partial charge on any atom is 0.453 e. The Balaban J connectivity index is 1.20. The second-order valence-electron chi connectivity index (χ2n) is 11.3. The van der Waals surface area contributed by atoms with Crippen LogP contribution >= 0.6 is 0 Å². The molecule has 0 bridgehead atoms. The van der Waals surface area contributed by atoms with Gasteiger partial charge in [-0.05, 0) is 111 Å². The molecule has 0 radical (unpaired) electrons. The molecule has 2 aromatic carbocycles. The molecule has 1 aliphatic heterocycles. The van der Waals surface area contributed by atoms with E-state index in [1.165, 1.54) is 42.6 Å². The highest BCUT2D eigenvalue weighted by molar-refractivity contribution is 5.68. The Labute approximate surface area is 236 Å². The van der Waals surface area contributed by atoms with Crippen LogP contribution in [0.25, 0.3) is 17.1 Å². The lowest BCUT2D eigenvalue weighted by Crippen LogP contribution is -2.32. The fourth-order valence-corrected chi connectivity index (χ4v) is 6.62. The number of aromatic nitrogens is 5. The first-order chi connectivity index (χ1) is 19.9. The van der Waals surface area contributed by atoms with E-state index in [1.54, 1.807) is 6.07 Å². The molecule has 212 valence electrons. The first-order valence-electron chi connectivity index (χ1n) is 14.5. The highest BCUT2D eigenvalue weighted by atomic mass is 19.4. The van der Waals surface area contributed by atoms with Gasteiger partial charge in [0.25, 0.3) is 5.82 Å². The SMILES string of the molecule is FC(F)(F)c1nc(Nc2ccc3c(c2)CCC(N2CCCC2)CC3)n(-c2cc3c(nn2)-c2ccccc2CCC3)n1. The van der Waals surface area contributed by atoms with Gasteiger partial charge >= 0.3 is 6.18 Å². The fourth-order valence-electron chi connectivity index (χ4n) is 6.62. The number of nitrogens with one attached hydrogen (secondary N) is 1. The highest BCUT2D eigenvalue weighted by Gasteiger charge is 2.38. The molecule has 4 aromatic rings. The minimum absolute atomic E-state index is 0.0379. The summed E-state index contributed by atoms with van der Waals surface area (Å²) in [6.07, 6.45) is 4.64. The summed E-state index contributed by atoms with van der Waals surface area (Å²) < 4.78 is 42.4. The van der Waals surface area contributed by atoms with E-state index in [2.05, 4.69) is 42.6 Å². The molecule has 0 saturated carbocycles. The van der Waals surface area contributed by atoms with Crippen LogP contribution < -0.4 is 5.32 Å². The van der Waals surface area contributed by atoms with Crippen LogP contribution in [-0.2, 0) is 31.9 Å². The van der Waals surface area contributed by atoms with E-state index in [0.717, 1.165) is 66.4 Å². The predicted octanol–water partition coefficient (Wildman–Crippen LogP) is 6.32. The molecule has 0 spiro atoms. The summed E-state index contributed by atoms with van der Waals surface area (Å²) in [6, 6.07) is 16.5. The molecule has 10 heteroatoms. The van der Waals surface area contributed by atoms with Crippen molar-refractivity contribution in [3.05, 3.63) is 76.6 Å². The quantitative estimate of drug-likeness (QED) is 0.295. The van der Waals surface area contributed by atoms with E-state index in [9.17, 15) is 13.2 Å². The highest BCUT2D eigenvalue weighted by Crippen LogP contribution is 2.34. The van der Waals surface area contributed by atoms with Crippen LogP contribution in [0.1, 0.15) is 60.2 Å². The van der Waals surface area contributed by atoms with Gasteiger partial charge in [0.15, 0.2) is 5.82 Å². The fraction of sp³-hybridized carbons (Fsp3) is 0.419. The van der Waals surface area contributed by atoms with Crippen LogP contribution in [0.4, 0.5) is 24.8 Å². The van der Waals surface area contributed by atoms with Crippen LogP contribution in [0, 0.1) is 0 Å². The number of likely N-dealkylation sites (tertiary alicyclic amines) is 1. The maximum absolute atomic E-state index is 13.8. The summed E-state index contributed by atoms with van der Waals surface area (Å²) in [4.78, 5) is 6.47. The Morgan fingerprint density at radius 2 is 1.56 bits per heavy atom. The first kappa shape index (κ1) is 26.1. The van der Waals surface area contributed by atoms with Crippen LogP contribution in [0.15, 0.2) is 48.5 Å². The molecular formula is C31H32F3N7. The molecule has 1 N–H and O–H groups in total. The smallest absolute Gasteiger partial charge is 0.324 e. The zero-order chi connectivity index (χ0) is 28.0. The molecule has 2 aliphatic carbocycles. The van der Waals surface area contributed by atoms with Crippen molar-refractivity contribution in [3.8, 4) is 17.1 Å². The average Bonchev–Trinajstić information content (AvgIpc) is 3.56. The van der Waals surface area contributed by atoms with Crippen molar-refractivity contribution in [3.63, 3.8) is 0 Å². The molecule has 3 aliphatic rings. The summed E-state index contributed by atoms with van der Waals surface area (Å²) in [5.74, 6) is -1.05. The van der Waals surface area contributed by atoms with Crippen LogP contribution in [0.2, 0.25) is 0 Å². The van der Waals surface area contributed by atoms with Crippen LogP contribution in [0.5, 0.6) is 0 Å². The van der Waals surface area contributed by atoms with E-state index < -0.39 is 12.0 Å². The summed E-state index contributed by atoms with van der Waals surface area (Å²) in [7, 11) is 0. The zero-order valence-electron chi connectivity index (χ0n) is 22.8. The van der Waals surface area contributed by atoms with E-state index in [1.807, 2.05) is 30.3 Å². The maximum atomic E-state index is 13.8. The third kappa shape index (κ3) is 5.21. The molecule has 2 aromatic heterocycles. The van der Waals surface area contributed by atoms with Gasteiger partial charge in [-0.1, -0.05) is 30.3 Å². The van der Waals surface area contributed by atoms with E-state index >= 15 is 0 Å². The number of hydrogen-bond acceptors (Lipinski definition) is 6. The third-order valence-electron chi connectivity index (χ3n) is 8.72. The largest absolute Gasteiger partial charge is 0.453 e.